The number of benzene rings is 2. The second-order valence-electron chi connectivity index (χ2n) is 9.89. The fraction of sp³-hybridized carbons (Fsp3) is 0.481. The molecule has 0 unspecified atom stereocenters. The molecule has 5 nitrogen and oxygen atoms in total. The van der Waals surface area contributed by atoms with Gasteiger partial charge < -0.3 is 14.7 Å². The Hall–Kier alpha value is -2.87. The number of aliphatic hydroxyl groups is 1. The van der Waals surface area contributed by atoms with Crippen molar-refractivity contribution in [2.24, 2.45) is 0 Å². The third kappa shape index (κ3) is 6.63. The Morgan fingerprint density at radius 2 is 1.80 bits per heavy atom. The lowest BCUT2D eigenvalue weighted by Crippen LogP contribution is -2.47. The van der Waals surface area contributed by atoms with Crippen LogP contribution in [0.2, 0.25) is 0 Å². The van der Waals surface area contributed by atoms with E-state index in [0.29, 0.717) is 24.4 Å². The van der Waals surface area contributed by atoms with Crippen molar-refractivity contribution in [3.8, 4) is 5.75 Å². The van der Waals surface area contributed by atoms with E-state index in [9.17, 15) is 22.8 Å². The summed E-state index contributed by atoms with van der Waals surface area (Å²) in [4.78, 5) is 27.0. The summed E-state index contributed by atoms with van der Waals surface area (Å²) in [6, 6.07) is 12.2. The summed E-state index contributed by atoms with van der Waals surface area (Å²) in [5.74, 6) is 0.210. The zero-order chi connectivity index (χ0) is 25.9. The van der Waals surface area contributed by atoms with E-state index < -0.39 is 17.3 Å². The van der Waals surface area contributed by atoms with Gasteiger partial charge in [0.25, 0.3) is 0 Å². The molecule has 1 aliphatic rings. The summed E-state index contributed by atoms with van der Waals surface area (Å²) >= 11 is 0. The van der Waals surface area contributed by atoms with Crippen molar-refractivity contribution >= 4 is 11.7 Å². The molecule has 0 spiro atoms. The second-order valence-corrected chi connectivity index (χ2v) is 9.89. The molecule has 2 aromatic carbocycles. The maximum absolute atomic E-state index is 13.0. The molecule has 1 atom stereocenters. The van der Waals surface area contributed by atoms with Crippen molar-refractivity contribution in [2.45, 2.75) is 63.6 Å². The van der Waals surface area contributed by atoms with E-state index in [2.05, 4.69) is 6.92 Å². The molecule has 8 heteroatoms. The van der Waals surface area contributed by atoms with Gasteiger partial charge in [-0.05, 0) is 62.1 Å². The van der Waals surface area contributed by atoms with Crippen LogP contribution in [0.25, 0.3) is 0 Å². The molecule has 0 aliphatic carbocycles. The number of hydrogen-bond acceptors (Lipinski definition) is 4. The number of aliphatic hydroxyl groups excluding tert-OH is 1. The van der Waals surface area contributed by atoms with E-state index in [1.54, 1.807) is 24.8 Å². The summed E-state index contributed by atoms with van der Waals surface area (Å²) in [5, 5.41) is 9.07. The van der Waals surface area contributed by atoms with Crippen LogP contribution in [-0.2, 0) is 27.6 Å². The Bertz CT molecular complexity index is 1050. The molecule has 1 amide bonds. The predicted molar refractivity (Wildman–Crippen MR) is 126 cm³/mol. The molecule has 1 aliphatic heterocycles. The predicted octanol–water partition coefficient (Wildman–Crippen LogP) is 4.94. The SMILES string of the molecule is CC(C)(Oc1cccc([C@]2(C)CCCN(C(=O)Cc3ccc(C(F)(F)F)cc3)C2)c1)C(=O)CCO. The van der Waals surface area contributed by atoms with E-state index in [4.69, 9.17) is 9.84 Å². The van der Waals surface area contributed by atoms with Crippen molar-refractivity contribution in [3.05, 3.63) is 65.2 Å². The Kier molecular flexibility index (Phi) is 7.94. The highest BCUT2D eigenvalue weighted by Gasteiger charge is 2.36. The fourth-order valence-corrected chi connectivity index (χ4v) is 4.48. The van der Waals surface area contributed by atoms with Crippen LogP contribution in [0, 0.1) is 0 Å². The normalized spacial score (nSPS) is 18.9. The number of carbonyl (C=O) groups is 2. The zero-order valence-electron chi connectivity index (χ0n) is 20.3. The molecule has 1 fully saturated rings. The first kappa shape index (κ1) is 26.7. The number of rotatable bonds is 8. The first-order valence-corrected chi connectivity index (χ1v) is 11.7. The van der Waals surface area contributed by atoms with Gasteiger partial charge in [-0.15, -0.1) is 0 Å². The minimum Gasteiger partial charge on any atom is -0.480 e. The lowest BCUT2D eigenvalue weighted by atomic mass is 9.75. The number of ether oxygens (including phenoxy) is 1. The summed E-state index contributed by atoms with van der Waals surface area (Å²) in [7, 11) is 0. The number of Topliss-reactive ketones (excluding diaryl/α,β-unsaturated/α-hetero) is 1. The van der Waals surface area contributed by atoms with E-state index in [1.165, 1.54) is 12.1 Å². The topological polar surface area (TPSA) is 66.8 Å². The summed E-state index contributed by atoms with van der Waals surface area (Å²) in [6.07, 6.45) is -2.70. The molecule has 190 valence electrons. The molecule has 1 N–H and O–H groups in total. The number of carbonyl (C=O) groups excluding carboxylic acids is 2. The number of likely N-dealkylation sites (tertiary alicyclic amines) is 1. The van der Waals surface area contributed by atoms with Crippen LogP contribution in [0.4, 0.5) is 13.2 Å². The standard InChI is InChI=1S/C27H32F3NO4/c1-25(2,23(33)12-15-32)35-22-7-4-6-21(17-22)26(3)13-5-14-31(18-26)24(34)16-19-8-10-20(11-9-19)27(28,29)30/h4,6-11,17,32H,5,12-16,18H2,1-3H3/t26-/m1/s1. The van der Waals surface area contributed by atoms with Gasteiger partial charge in [-0.25, -0.2) is 0 Å². The third-order valence-electron chi connectivity index (χ3n) is 6.60. The molecule has 0 aromatic heterocycles. The number of hydrogen-bond donors (Lipinski definition) is 1. The van der Waals surface area contributed by atoms with Gasteiger partial charge in [-0.2, -0.15) is 13.2 Å². The lowest BCUT2D eigenvalue weighted by Gasteiger charge is -2.41. The van der Waals surface area contributed by atoms with Crippen LogP contribution in [0.3, 0.4) is 0 Å². The van der Waals surface area contributed by atoms with Crippen molar-refractivity contribution in [1.82, 2.24) is 4.90 Å². The van der Waals surface area contributed by atoms with Crippen molar-refractivity contribution in [2.75, 3.05) is 19.7 Å². The Morgan fingerprint density at radius 1 is 1.11 bits per heavy atom. The van der Waals surface area contributed by atoms with Gasteiger partial charge in [0.15, 0.2) is 11.4 Å². The Balaban J connectivity index is 1.71. The van der Waals surface area contributed by atoms with Crippen LogP contribution in [-0.4, -0.2) is 47.0 Å². The quantitative estimate of drug-likeness (QED) is 0.568. The molecular formula is C27H32F3NO4. The monoisotopic (exact) mass is 491 g/mol. The van der Waals surface area contributed by atoms with Crippen LogP contribution in [0.15, 0.2) is 48.5 Å². The van der Waals surface area contributed by atoms with Gasteiger partial charge in [0.05, 0.1) is 18.6 Å². The number of amides is 1. The summed E-state index contributed by atoms with van der Waals surface area (Å²) < 4.78 is 44.4. The number of piperidine rings is 1. The maximum Gasteiger partial charge on any atom is 0.416 e. The molecule has 1 heterocycles. The van der Waals surface area contributed by atoms with Crippen LogP contribution >= 0.6 is 0 Å². The van der Waals surface area contributed by atoms with Crippen molar-refractivity contribution < 1.29 is 32.6 Å². The molecule has 35 heavy (non-hydrogen) atoms. The summed E-state index contributed by atoms with van der Waals surface area (Å²) in [5.41, 5.74) is -0.638. The average Bonchev–Trinajstić information content (AvgIpc) is 2.79. The Labute approximate surface area is 203 Å². The van der Waals surface area contributed by atoms with Gasteiger partial charge in [-0.1, -0.05) is 31.2 Å². The van der Waals surface area contributed by atoms with Gasteiger partial charge in [0.1, 0.15) is 5.75 Å². The van der Waals surface area contributed by atoms with E-state index in [1.807, 2.05) is 18.2 Å². The van der Waals surface area contributed by atoms with E-state index in [-0.39, 0.29) is 36.6 Å². The molecule has 1 saturated heterocycles. The van der Waals surface area contributed by atoms with Crippen LogP contribution in [0.1, 0.15) is 56.7 Å². The summed E-state index contributed by atoms with van der Waals surface area (Å²) in [6.45, 7) is 6.24. The second kappa shape index (κ2) is 10.4. The maximum atomic E-state index is 13.0. The minimum atomic E-state index is -4.41. The molecule has 0 saturated carbocycles. The van der Waals surface area contributed by atoms with E-state index in [0.717, 1.165) is 30.5 Å². The smallest absolute Gasteiger partial charge is 0.416 e. The van der Waals surface area contributed by atoms with Crippen molar-refractivity contribution in [3.63, 3.8) is 0 Å². The number of nitrogens with zero attached hydrogens (tertiary/aromatic N) is 1. The first-order chi connectivity index (χ1) is 16.3. The Morgan fingerprint density at radius 3 is 2.43 bits per heavy atom. The molecule has 2 aromatic rings. The van der Waals surface area contributed by atoms with Crippen LogP contribution in [0.5, 0.6) is 5.75 Å². The first-order valence-electron chi connectivity index (χ1n) is 11.7. The molecule has 3 rings (SSSR count). The highest BCUT2D eigenvalue weighted by atomic mass is 19.4. The molecular weight excluding hydrogens is 459 g/mol. The van der Waals surface area contributed by atoms with Gasteiger partial charge >= 0.3 is 6.18 Å². The highest BCUT2D eigenvalue weighted by molar-refractivity contribution is 5.86. The number of alkyl halides is 3. The fourth-order valence-electron chi connectivity index (χ4n) is 4.48. The van der Waals surface area contributed by atoms with Gasteiger partial charge in [0.2, 0.25) is 5.91 Å². The van der Waals surface area contributed by atoms with Gasteiger partial charge in [-0.3, -0.25) is 9.59 Å². The minimum absolute atomic E-state index is 0.0143. The number of ketones is 1. The average molecular weight is 492 g/mol. The lowest BCUT2D eigenvalue weighted by molar-refractivity contribution is -0.137. The zero-order valence-corrected chi connectivity index (χ0v) is 20.3. The highest BCUT2D eigenvalue weighted by Crippen LogP contribution is 2.36. The largest absolute Gasteiger partial charge is 0.480 e. The molecule has 0 bridgehead atoms. The van der Waals surface area contributed by atoms with Crippen molar-refractivity contribution in [1.29, 1.82) is 0 Å². The van der Waals surface area contributed by atoms with E-state index >= 15 is 0 Å². The van der Waals surface area contributed by atoms with Crippen LogP contribution < -0.4 is 4.74 Å². The molecule has 0 radical (unpaired) electrons. The third-order valence-corrected chi connectivity index (χ3v) is 6.60. The number of halogens is 3. The van der Waals surface area contributed by atoms with Gasteiger partial charge in [0, 0.05) is 24.9 Å².